The molecule has 0 atom stereocenters. The molecule has 0 aromatic carbocycles. The molecule has 1 aromatic rings. The quantitative estimate of drug-likeness (QED) is 0.884. The van der Waals surface area contributed by atoms with E-state index < -0.39 is 0 Å². The van der Waals surface area contributed by atoms with Crippen molar-refractivity contribution in [3.8, 4) is 0 Å². The van der Waals surface area contributed by atoms with Crippen LogP contribution < -0.4 is 5.32 Å². The van der Waals surface area contributed by atoms with Crippen LogP contribution in [0.1, 0.15) is 45.1 Å². The monoisotopic (exact) mass is 248 g/mol. The van der Waals surface area contributed by atoms with Crippen LogP contribution in [0.2, 0.25) is 0 Å². The molecule has 18 heavy (non-hydrogen) atoms. The van der Waals surface area contributed by atoms with Crippen molar-refractivity contribution in [3.63, 3.8) is 0 Å². The Labute approximate surface area is 110 Å². The number of hydrogen-bond donors (Lipinski definition) is 1. The highest BCUT2D eigenvalue weighted by molar-refractivity contribution is 5.12. The minimum atomic E-state index is -0.0903. The Bertz CT molecular complexity index is 395. The Morgan fingerprint density at radius 1 is 1.28 bits per heavy atom. The molecule has 4 heteroatoms. The molecule has 1 aliphatic rings. The van der Waals surface area contributed by atoms with Crippen LogP contribution in [-0.4, -0.2) is 41.0 Å². The van der Waals surface area contributed by atoms with Crippen LogP contribution in [0, 0.1) is 0 Å². The van der Waals surface area contributed by atoms with Crippen molar-refractivity contribution in [2.45, 2.75) is 39.2 Å². The molecular weight excluding hydrogens is 224 g/mol. The summed E-state index contributed by atoms with van der Waals surface area (Å²) in [5.74, 6) is 1.39. The highest BCUT2D eigenvalue weighted by Gasteiger charge is 2.32. The van der Waals surface area contributed by atoms with Gasteiger partial charge in [-0.15, -0.1) is 0 Å². The second-order valence-corrected chi connectivity index (χ2v) is 5.76. The first-order valence-corrected chi connectivity index (χ1v) is 6.81. The third-order valence-corrected chi connectivity index (χ3v) is 3.72. The summed E-state index contributed by atoms with van der Waals surface area (Å²) < 4.78 is 0. The summed E-state index contributed by atoms with van der Waals surface area (Å²) in [6.45, 7) is 13.0. The Balaban J connectivity index is 2.25. The smallest absolute Gasteiger partial charge is 0.148 e. The zero-order valence-electron chi connectivity index (χ0n) is 11.9. The number of rotatable bonds is 3. The third-order valence-electron chi connectivity index (χ3n) is 3.72. The van der Waals surface area contributed by atoms with Crippen molar-refractivity contribution in [1.29, 1.82) is 0 Å². The van der Waals surface area contributed by atoms with Crippen LogP contribution in [0.3, 0.4) is 0 Å². The molecule has 0 spiro atoms. The van der Waals surface area contributed by atoms with Gasteiger partial charge in [-0.1, -0.05) is 13.8 Å². The van der Waals surface area contributed by atoms with Crippen LogP contribution >= 0.6 is 0 Å². The van der Waals surface area contributed by atoms with Crippen LogP contribution in [0.4, 0.5) is 0 Å². The van der Waals surface area contributed by atoms with Crippen molar-refractivity contribution >= 4 is 0 Å². The van der Waals surface area contributed by atoms with Gasteiger partial charge in [0.2, 0.25) is 0 Å². The lowest BCUT2D eigenvalue weighted by Crippen LogP contribution is -2.52. The molecule has 0 unspecified atom stereocenters. The van der Waals surface area contributed by atoms with E-state index in [4.69, 9.17) is 4.98 Å². The van der Waals surface area contributed by atoms with E-state index in [0.29, 0.717) is 5.92 Å². The van der Waals surface area contributed by atoms with Gasteiger partial charge in [-0.25, -0.2) is 9.97 Å². The fourth-order valence-electron chi connectivity index (χ4n) is 2.35. The molecule has 2 heterocycles. The average Bonchev–Trinajstić information content (AvgIpc) is 2.40. The molecule has 1 aliphatic heterocycles. The van der Waals surface area contributed by atoms with Gasteiger partial charge in [0, 0.05) is 38.1 Å². The summed E-state index contributed by atoms with van der Waals surface area (Å²) >= 11 is 0. The van der Waals surface area contributed by atoms with Gasteiger partial charge >= 0.3 is 0 Å². The van der Waals surface area contributed by atoms with E-state index in [1.807, 2.05) is 12.3 Å². The molecule has 0 saturated carbocycles. The van der Waals surface area contributed by atoms with E-state index in [1.165, 1.54) is 0 Å². The minimum absolute atomic E-state index is 0.0903. The number of nitrogens with one attached hydrogen (secondary N) is 1. The molecule has 0 aliphatic carbocycles. The average molecular weight is 248 g/mol. The predicted octanol–water partition coefficient (Wildman–Crippen LogP) is 1.74. The SMILES string of the molecule is CC(C)c1ccnc(C(C)(C)N2CCNCC2)n1. The summed E-state index contributed by atoms with van der Waals surface area (Å²) in [4.78, 5) is 11.7. The first-order chi connectivity index (χ1) is 8.51. The Kier molecular flexibility index (Phi) is 3.97. The number of nitrogens with zero attached hydrogens (tertiary/aromatic N) is 3. The zero-order valence-corrected chi connectivity index (χ0v) is 11.9. The maximum absolute atomic E-state index is 4.75. The van der Waals surface area contributed by atoms with Gasteiger partial charge in [0.1, 0.15) is 5.82 Å². The summed E-state index contributed by atoms with van der Waals surface area (Å²) in [6.07, 6.45) is 1.89. The third kappa shape index (κ3) is 2.70. The molecule has 100 valence electrons. The number of hydrogen-bond acceptors (Lipinski definition) is 4. The lowest BCUT2D eigenvalue weighted by atomic mass is 10.00. The molecule has 1 fully saturated rings. The Hall–Kier alpha value is -1.00. The largest absolute Gasteiger partial charge is 0.314 e. The van der Waals surface area contributed by atoms with Crippen molar-refractivity contribution in [1.82, 2.24) is 20.2 Å². The normalized spacial score (nSPS) is 18.3. The fraction of sp³-hybridized carbons (Fsp3) is 0.714. The van der Waals surface area contributed by atoms with Gasteiger partial charge in [-0.2, -0.15) is 0 Å². The van der Waals surface area contributed by atoms with E-state index in [2.05, 4.69) is 42.9 Å². The second-order valence-electron chi connectivity index (χ2n) is 5.76. The minimum Gasteiger partial charge on any atom is -0.314 e. The fourth-order valence-corrected chi connectivity index (χ4v) is 2.35. The zero-order chi connectivity index (χ0) is 13.2. The van der Waals surface area contributed by atoms with Crippen LogP contribution in [0.5, 0.6) is 0 Å². The molecule has 1 saturated heterocycles. The van der Waals surface area contributed by atoms with E-state index in [1.54, 1.807) is 0 Å². The van der Waals surface area contributed by atoms with Gasteiger partial charge in [-0.05, 0) is 25.8 Å². The summed E-state index contributed by atoms with van der Waals surface area (Å²) in [5.41, 5.74) is 1.04. The van der Waals surface area contributed by atoms with Crippen LogP contribution in [0.15, 0.2) is 12.3 Å². The van der Waals surface area contributed by atoms with E-state index in [-0.39, 0.29) is 5.54 Å². The van der Waals surface area contributed by atoms with Gasteiger partial charge < -0.3 is 5.32 Å². The van der Waals surface area contributed by atoms with Crippen LogP contribution in [-0.2, 0) is 5.54 Å². The number of aromatic nitrogens is 2. The summed E-state index contributed by atoms with van der Waals surface area (Å²) in [5, 5.41) is 3.39. The molecule has 0 radical (unpaired) electrons. The van der Waals surface area contributed by atoms with Crippen molar-refractivity contribution < 1.29 is 0 Å². The Morgan fingerprint density at radius 2 is 1.94 bits per heavy atom. The van der Waals surface area contributed by atoms with E-state index in [0.717, 1.165) is 37.7 Å². The topological polar surface area (TPSA) is 41.1 Å². The molecule has 1 N–H and O–H groups in total. The maximum Gasteiger partial charge on any atom is 0.148 e. The van der Waals surface area contributed by atoms with E-state index in [9.17, 15) is 0 Å². The molecule has 0 amide bonds. The molecular formula is C14H24N4. The first-order valence-electron chi connectivity index (χ1n) is 6.81. The molecule has 2 rings (SSSR count). The standard InChI is InChI=1S/C14H24N4/c1-11(2)12-5-6-16-13(17-12)14(3,4)18-9-7-15-8-10-18/h5-6,11,15H,7-10H2,1-4H3. The van der Waals surface area contributed by atoms with Gasteiger partial charge in [0.15, 0.2) is 0 Å². The highest BCUT2D eigenvalue weighted by Crippen LogP contribution is 2.25. The van der Waals surface area contributed by atoms with Gasteiger partial charge in [0.25, 0.3) is 0 Å². The lowest BCUT2D eigenvalue weighted by Gasteiger charge is -2.40. The molecule has 1 aromatic heterocycles. The van der Waals surface area contributed by atoms with E-state index >= 15 is 0 Å². The van der Waals surface area contributed by atoms with Crippen molar-refractivity contribution in [2.75, 3.05) is 26.2 Å². The van der Waals surface area contributed by atoms with Gasteiger partial charge in [0.05, 0.1) is 5.54 Å². The highest BCUT2D eigenvalue weighted by atomic mass is 15.3. The van der Waals surface area contributed by atoms with Gasteiger partial charge in [-0.3, -0.25) is 4.90 Å². The summed E-state index contributed by atoms with van der Waals surface area (Å²) in [6, 6.07) is 2.02. The lowest BCUT2D eigenvalue weighted by molar-refractivity contribution is 0.0945. The summed E-state index contributed by atoms with van der Waals surface area (Å²) in [7, 11) is 0. The number of piperazine rings is 1. The van der Waals surface area contributed by atoms with Crippen molar-refractivity contribution in [2.24, 2.45) is 0 Å². The second kappa shape index (κ2) is 5.33. The Morgan fingerprint density at radius 3 is 2.56 bits per heavy atom. The maximum atomic E-state index is 4.75. The molecule has 0 bridgehead atoms. The predicted molar refractivity (Wildman–Crippen MR) is 73.6 cm³/mol. The van der Waals surface area contributed by atoms with Crippen LogP contribution in [0.25, 0.3) is 0 Å². The molecule has 4 nitrogen and oxygen atoms in total. The first kappa shape index (κ1) is 13.4. The van der Waals surface area contributed by atoms with Crippen molar-refractivity contribution in [3.05, 3.63) is 23.8 Å².